The van der Waals surface area contributed by atoms with Crippen molar-refractivity contribution in [3.05, 3.63) is 47.7 Å². The highest BCUT2D eigenvalue weighted by molar-refractivity contribution is 6.01. The summed E-state index contributed by atoms with van der Waals surface area (Å²) in [4.78, 5) is 18.4. The Morgan fingerprint density at radius 2 is 1.80 bits per heavy atom. The van der Waals surface area contributed by atoms with Gasteiger partial charge in [-0.25, -0.2) is 8.78 Å². The Hall–Kier alpha value is -3.63. The van der Waals surface area contributed by atoms with Crippen LogP contribution in [0.15, 0.2) is 30.5 Å². The number of fused-ring (bicyclic) bond motifs is 2. The highest BCUT2D eigenvalue weighted by atomic mass is 19.1. The number of hydrogen-bond acceptors (Lipinski definition) is 8. The minimum absolute atomic E-state index is 0.0336. The van der Waals surface area contributed by atoms with Crippen LogP contribution in [0.3, 0.4) is 0 Å². The second kappa shape index (κ2) is 11.6. The van der Waals surface area contributed by atoms with E-state index in [4.69, 9.17) is 9.72 Å². The molecule has 238 valence electrons. The molecule has 1 atom stereocenters. The minimum atomic E-state index is -0.921. The van der Waals surface area contributed by atoms with Crippen LogP contribution in [0.2, 0.25) is 0 Å². The summed E-state index contributed by atoms with van der Waals surface area (Å²) in [5, 5.41) is 23.0. The first-order chi connectivity index (χ1) is 21.7. The van der Waals surface area contributed by atoms with Gasteiger partial charge in [0.15, 0.2) is 5.82 Å². The standard InChI is InChI=1S/C35H41F2N5O3/c1-3-24-27(36)9-8-22-16-23(43)17-25(28(22)24)30-29(37)31-26(18-38-30)32(42-15-7-10-34(2,44)19-42)40-33(39-31)45-21-35(11-12-35)20-41-13-5-4-6-14-41/h8-9,16-18,43-44H,3-7,10-15,19-21H2,1-2H3/t34-/m1/s1. The van der Waals surface area contributed by atoms with Crippen LogP contribution < -0.4 is 9.64 Å². The number of ether oxygens (including phenoxy) is 1. The number of phenols is 1. The molecular formula is C35H41F2N5O3. The highest BCUT2D eigenvalue weighted by Gasteiger charge is 2.45. The van der Waals surface area contributed by atoms with Crippen LogP contribution in [0.1, 0.15) is 64.4 Å². The van der Waals surface area contributed by atoms with Crippen LogP contribution in [-0.4, -0.2) is 75.0 Å². The molecule has 1 aliphatic carbocycles. The molecule has 3 fully saturated rings. The van der Waals surface area contributed by atoms with E-state index in [1.54, 1.807) is 19.1 Å². The number of nitrogens with zero attached hydrogens (tertiary/aromatic N) is 5. The Kier molecular flexibility index (Phi) is 7.76. The highest BCUT2D eigenvalue weighted by Crippen LogP contribution is 2.47. The monoisotopic (exact) mass is 617 g/mol. The van der Waals surface area contributed by atoms with E-state index in [1.165, 1.54) is 37.6 Å². The van der Waals surface area contributed by atoms with Gasteiger partial charge < -0.3 is 24.7 Å². The lowest BCUT2D eigenvalue weighted by Crippen LogP contribution is -2.46. The molecule has 7 rings (SSSR count). The Labute approximate surface area is 262 Å². The van der Waals surface area contributed by atoms with Gasteiger partial charge in [-0.2, -0.15) is 9.97 Å². The number of rotatable bonds is 8. The van der Waals surface area contributed by atoms with Crippen molar-refractivity contribution >= 4 is 27.5 Å². The molecule has 0 unspecified atom stereocenters. The number of aromatic nitrogens is 3. The molecule has 2 aliphatic heterocycles. The van der Waals surface area contributed by atoms with E-state index in [0.29, 0.717) is 65.6 Å². The predicted octanol–water partition coefficient (Wildman–Crippen LogP) is 6.39. The number of β-amino-alcohol motifs (C(OH)–C–C–N with tert-alkyl or cyclic N) is 1. The molecule has 8 nitrogen and oxygen atoms in total. The van der Waals surface area contributed by atoms with Crippen molar-refractivity contribution in [2.24, 2.45) is 5.41 Å². The average Bonchev–Trinajstić information content (AvgIpc) is 3.79. The van der Waals surface area contributed by atoms with Crippen LogP contribution in [0.4, 0.5) is 14.6 Å². The number of aliphatic hydroxyl groups is 1. The molecule has 2 saturated heterocycles. The molecule has 0 radical (unpaired) electrons. The number of likely N-dealkylation sites (tertiary alicyclic amines) is 1. The smallest absolute Gasteiger partial charge is 0.319 e. The third kappa shape index (κ3) is 5.90. The summed E-state index contributed by atoms with van der Waals surface area (Å²) < 4.78 is 38.0. The van der Waals surface area contributed by atoms with Gasteiger partial charge in [-0.3, -0.25) is 4.98 Å². The van der Waals surface area contributed by atoms with Crippen LogP contribution in [-0.2, 0) is 6.42 Å². The number of aromatic hydroxyl groups is 1. The Bertz CT molecular complexity index is 1750. The quantitative estimate of drug-likeness (QED) is 0.235. The first-order valence-corrected chi connectivity index (χ1v) is 16.3. The van der Waals surface area contributed by atoms with Crippen molar-refractivity contribution in [3.8, 4) is 23.0 Å². The number of anilines is 1. The molecule has 2 aromatic heterocycles. The fourth-order valence-corrected chi connectivity index (χ4v) is 7.28. The Balaban J connectivity index is 1.32. The van der Waals surface area contributed by atoms with E-state index in [1.807, 2.05) is 11.8 Å². The van der Waals surface area contributed by atoms with Gasteiger partial charge in [0, 0.05) is 36.8 Å². The molecular weight excluding hydrogens is 576 g/mol. The Morgan fingerprint density at radius 3 is 2.53 bits per heavy atom. The number of hydrogen-bond donors (Lipinski definition) is 2. The first kappa shape index (κ1) is 30.0. The van der Waals surface area contributed by atoms with E-state index in [-0.39, 0.29) is 28.4 Å². The fourth-order valence-electron chi connectivity index (χ4n) is 7.28. The average molecular weight is 618 g/mol. The number of halogens is 2. The van der Waals surface area contributed by atoms with Gasteiger partial charge in [0.25, 0.3) is 0 Å². The zero-order valence-electron chi connectivity index (χ0n) is 26.1. The minimum Gasteiger partial charge on any atom is -0.508 e. The summed E-state index contributed by atoms with van der Waals surface area (Å²) in [6.45, 7) is 8.26. The van der Waals surface area contributed by atoms with Gasteiger partial charge >= 0.3 is 6.01 Å². The summed E-state index contributed by atoms with van der Waals surface area (Å²) >= 11 is 0. The van der Waals surface area contributed by atoms with E-state index in [9.17, 15) is 14.6 Å². The third-order valence-corrected chi connectivity index (χ3v) is 9.85. The van der Waals surface area contributed by atoms with Gasteiger partial charge in [0.2, 0.25) is 0 Å². The summed E-state index contributed by atoms with van der Waals surface area (Å²) in [5.41, 5.74) is -0.146. The lowest BCUT2D eigenvalue weighted by molar-refractivity contribution is 0.0447. The molecule has 2 N–H and O–H groups in total. The van der Waals surface area contributed by atoms with Crippen molar-refractivity contribution in [2.75, 3.05) is 44.2 Å². The normalized spacial score (nSPS) is 21.8. The number of phenolic OH excluding ortho intramolecular Hbond substituents is 1. The number of aryl methyl sites for hydroxylation is 1. The summed E-state index contributed by atoms with van der Waals surface area (Å²) in [6, 6.07) is 6.01. The van der Waals surface area contributed by atoms with Crippen molar-refractivity contribution in [1.29, 1.82) is 0 Å². The number of piperidine rings is 2. The molecule has 4 aromatic rings. The summed E-state index contributed by atoms with van der Waals surface area (Å²) in [7, 11) is 0. The summed E-state index contributed by atoms with van der Waals surface area (Å²) in [6.07, 6.45) is 9.21. The van der Waals surface area contributed by atoms with Crippen molar-refractivity contribution in [1.82, 2.24) is 19.9 Å². The van der Waals surface area contributed by atoms with Crippen LogP contribution in [0, 0.1) is 17.0 Å². The Morgan fingerprint density at radius 1 is 1.00 bits per heavy atom. The zero-order chi connectivity index (χ0) is 31.3. The molecule has 3 aliphatic rings. The largest absolute Gasteiger partial charge is 0.508 e. The van der Waals surface area contributed by atoms with E-state index < -0.39 is 17.2 Å². The second-order valence-electron chi connectivity index (χ2n) is 13.6. The van der Waals surface area contributed by atoms with Crippen LogP contribution >= 0.6 is 0 Å². The molecule has 0 spiro atoms. The zero-order valence-corrected chi connectivity index (χ0v) is 26.1. The molecule has 0 amide bonds. The summed E-state index contributed by atoms with van der Waals surface area (Å²) in [5.74, 6) is -0.694. The molecule has 45 heavy (non-hydrogen) atoms. The number of pyridine rings is 1. The van der Waals surface area contributed by atoms with Crippen molar-refractivity contribution < 1.29 is 23.7 Å². The molecule has 2 aromatic carbocycles. The number of benzene rings is 2. The fraction of sp³-hybridized carbons (Fsp3) is 0.514. The predicted molar refractivity (Wildman–Crippen MR) is 171 cm³/mol. The van der Waals surface area contributed by atoms with E-state index in [0.717, 1.165) is 38.9 Å². The van der Waals surface area contributed by atoms with Crippen LogP contribution in [0.5, 0.6) is 11.8 Å². The maximum Gasteiger partial charge on any atom is 0.319 e. The van der Waals surface area contributed by atoms with E-state index >= 15 is 4.39 Å². The third-order valence-electron chi connectivity index (χ3n) is 9.85. The lowest BCUT2D eigenvalue weighted by atomic mass is 9.94. The molecule has 4 heterocycles. The van der Waals surface area contributed by atoms with Gasteiger partial charge in [-0.1, -0.05) is 19.4 Å². The molecule has 10 heteroatoms. The molecule has 0 bridgehead atoms. The SMILES string of the molecule is CCc1c(F)ccc2cc(O)cc(-c3ncc4c(N5CCC[C@@](C)(O)C5)nc(OCC5(CN6CCCCC6)CC5)nc4c3F)c12. The molecule has 1 saturated carbocycles. The van der Waals surface area contributed by atoms with Crippen molar-refractivity contribution in [2.45, 2.75) is 70.8 Å². The maximum atomic E-state index is 16.8. The van der Waals surface area contributed by atoms with Crippen LogP contribution in [0.25, 0.3) is 32.9 Å². The van der Waals surface area contributed by atoms with Gasteiger partial charge in [0.1, 0.15) is 28.6 Å². The van der Waals surface area contributed by atoms with Gasteiger partial charge in [0.05, 0.1) is 17.6 Å². The lowest BCUT2D eigenvalue weighted by Gasteiger charge is -2.38. The van der Waals surface area contributed by atoms with E-state index in [2.05, 4.69) is 14.9 Å². The first-order valence-electron chi connectivity index (χ1n) is 16.3. The topological polar surface area (TPSA) is 94.8 Å². The van der Waals surface area contributed by atoms with Gasteiger partial charge in [-0.15, -0.1) is 0 Å². The van der Waals surface area contributed by atoms with Crippen molar-refractivity contribution in [3.63, 3.8) is 0 Å². The van der Waals surface area contributed by atoms with Gasteiger partial charge in [-0.05, 0) is 99.5 Å². The maximum absolute atomic E-state index is 16.8. The second-order valence-corrected chi connectivity index (χ2v) is 13.6.